The molecule has 0 atom stereocenters. The number of nitrogens with one attached hydrogen (secondary N) is 2. The zero-order chi connectivity index (χ0) is 7.70. The lowest BCUT2D eigenvalue weighted by molar-refractivity contribution is 0.762. The van der Waals surface area contributed by atoms with Crippen molar-refractivity contribution in [3.8, 4) is 0 Å². The van der Waals surface area contributed by atoms with Crippen molar-refractivity contribution in [1.29, 1.82) is 5.41 Å². The molecule has 0 aliphatic heterocycles. The normalized spacial score (nSPS) is 7.33. The zero-order valence-corrected chi connectivity index (χ0v) is 6.07. The molecule has 6 N–H and O–H groups in total. The van der Waals surface area contributed by atoms with E-state index in [9.17, 15) is 0 Å². The lowest BCUT2D eigenvalue weighted by Gasteiger charge is -1.86. The Hall–Kier alpha value is -0.770. The first-order chi connectivity index (χ1) is 4.15. The highest BCUT2D eigenvalue weighted by Gasteiger charge is 1.62. The van der Waals surface area contributed by atoms with Crippen molar-refractivity contribution in [2.75, 3.05) is 13.1 Å². The van der Waals surface area contributed by atoms with Crippen LogP contribution >= 0.6 is 0 Å². The van der Waals surface area contributed by atoms with E-state index < -0.39 is 0 Å². The highest BCUT2D eigenvalue weighted by molar-refractivity contribution is 5.71. The molecule has 0 bridgehead atoms. The van der Waals surface area contributed by atoms with Crippen molar-refractivity contribution in [3.63, 3.8) is 0 Å². The van der Waals surface area contributed by atoms with Gasteiger partial charge in [-0.2, -0.15) is 0 Å². The van der Waals surface area contributed by atoms with Crippen LogP contribution in [0, 0.1) is 5.41 Å². The van der Waals surface area contributed by atoms with Crippen LogP contribution in [-0.2, 0) is 0 Å². The van der Waals surface area contributed by atoms with E-state index in [0.29, 0.717) is 0 Å². The number of hydrogen-bond acceptors (Lipinski definition) is 2. The zero-order valence-electron chi connectivity index (χ0n) is 6.07. The molecular weight excluding hydrogens is 116 g/mol. The van der Waals surface area contributed by atoms with Gasteiger partial charge in [0.15, 0.2) is 5.96 Å². The van der Waals surface area contributed by atoms with Crippen LogP contribution in [0.5, 0.6) is 0 Å². The van der Waals surface area contributed by atoms with Crippen molar-refractivity contribution in [1.82, 2.24) is 5.32 Å². The Morgan fingerprint density at radius 2 is 1.56 bits per heavy atom. The molecule has 9 heavy (non-hydrogen) atoms. The molecule has 0 aromatic rings. The Morgan fingerprint density at radius 1 is 1.33 bits per heavy atom. The van der Waals surface area contributed by atoms with Crippen LogP contribution in [0.15, 0.2) is 0 Å². The lowest BCUT2D eigenvalue weighted by Crippen LogP contribution is -2.20. The molecule has 0 unspecified atom stereocenters. The fourth-order valence-electron chi connectivity index (χ4n) is 0.250. The molecule has 0 aliphatic carbocycles. The monoisotopic (exact) mass is 132 g/mol. The summed E-state index contributed by atoms with van der Waals surface area (Å²) in [7, 11) is 0. The molecule has 0 radical (unpaired) electrons. The predicted molar refractivity (Wildman–Crippen MR) is 40.3 cm³/mol. The fourth-order valence-corrected chi connectivity index (χ4v) is 0.250. The first-order valence-electron chi connectivity index (χ1n) is 2.95. The summed E-state index contributed by atoms with van der Waals surface area (Å²) < 4.78 is 0. The maximum atomic E-state index is 6.06. The summed E-state index contributed by atoms with van der Waals surface area (Å²) in [5.74, 6) is -0.333. The average Bonchev–Trinajstić information content (AvgIpc) is 1.66. The van der Waals surface area contributed by atoms with Gasteiger partial charge < -0.3 is 16.8 Å². The molecule has 0 saturated heterocycles. The summed E-state index contributed by atoms with van der Waals surface area (Å²) in [6, 6.07) is 0. The molecule has 0 aliphatic rings. The Kier molecular flexibility index (Phi) is 12.6. The van der Waals surface area contributed by atoms with Crippen LogP contribution in [0.4, 0.5) is 0 Å². The Balaban J connectivity index is 0. The van der Waals surface area contributed by atoms with Gasteiger partial charge in [0.05, 0.1) is 0 Å². The third kappa shape index (κ3) is 131. The van der Waals surface area contributed by atoms with Crippen molar-refractivity contribution < 1.29 is 0 Å². The first kappa shape index (κ1) is 11.1. The van der Waals surface area contributed by atoms with Crippen molar-refractivity contribution in [2.24, 2.45) is 11.5 Å². The molecule has 0 spiro atoms. The maximum Gasteiger partial charge on any atom is 0.183 e. The number of nitrogens with two attached hydrogens (primary N) is 2. The van der Waals surface area contributed by atoms with Crippen LogP contribution in [0.3, 0.4) is 0 Å². The van der Waals surface area contributed by atoms with E-state index in [4.69, 9.17) is 5.41 Å². The molecule has 0 aromatic carbocycles. The van der Waals surface area contributed by atoms with E-state index in [1.54, 1.807) is 0 Å². The van der Waals surface area contributed by atoms with Crippen LogP contribution in [0.1, 0.15) is 13.8 Å². The van der Waals surface area contributed by atoms with Crippen molar-refractivity contribution in [3.05, 3.63) is 0 Å². The molecule has 0 aromatic heterocycles. The lowest BCUT2D eigenvalue weighted by atomic mass is 10.7. The largest absolute Gasteiger partial charge is 0.370 e. The summed E-state index contributed by atoms with van der Waals surface area (Å²) in [4.78, 5) is 0. The van der Waals surface area contributed by atoms with E-state index >= 15 is 0 Å². The van der Waals surface area contributed by atoms with Gasteiger partial charge in [0.25, 0.3) is 0 Å². The van der Waals surface area contributed by atoms with Crippen molar-refractivity contribution in [2.45, 2.75) is 13.8 Å². The quantitative estimate of drug-likeness (QED) is 0.300. The average molecular weight is 132 g/mol. The molecule has 0 heterocycles. The van der Waals surface area contributed by atoms with Gasteiger partial charge in [0, 0.05) is 0 Å². The molecular formula is C5H16N4. The second-order valence-electron chi connectivity index (χ2n) is 1.41. The molecule has 4 nitrogen and oxygen atoms in total. The van der Waals surface area contributed by atoms with Gasteiger partial charge in [0.1, 0.15) is 0 Å². The molecule has 0 saturated carbocycles. The predicted octanol–water partition coefficient (Wildman–Crippen LogP) is -0.546. The van der Waals surface area contributed by atoms with Gasteiger partial charge in [0.2, 0.25) is 0 Å². The van der Waals surface area contributed by atoms with E-state index in [2.05, 4.69) is 30.6 Å². The number of guanidine groups is 1. The molecule has 0 fully saturated rings. The third-order valence-corrected chi connectivity index (χ3v) is 0.500. The summed E-state index contributed by atoms with van der Waals surface area (Å²) >= 11 is 0. The van der Waals surface area contributed by atoms with Crippen LogP contribution in [-0.4, -0.2) is 19.0 Å². The Morgan fingerprint density at radius 3 is 1.56 bits per heavy atom. The molecule has 56 valence electrons. The summed E-state index contributed by atoms with van der Waals surface area (Å²) in [6.45, 7) is 6.39. The maximum absolute atomic E-state index is 6.06. The second kappa shape index (κ2) is 10.3. The summed E-state index contributed by atoms with van der Waals surface area (Å²) in [5, 5.41) is 9.17. The third-order valence-electron chi connectivity index (χ3n) is 0.500. The van der Waals surface area contributed by atoms with E-state index in [-0.39, 0.29) is 5.96 Å². The summed E-state index contributed by atoms with van der Waals surface area (Å²) in [6.07, 6.45) is 0. The van der Waals surface area contributed by atoms with Gasteiger partial charge in [-0.3, -0.25) is 5.41 Å². The van der Waals surface area contributed by atoms with E-state index in [1.807, 2.05) is 0 Å². The number of rotatable bonds is 2. The standard InChI is InChI=1S/C4H11N.CH5N3/c1-3-5-4-2;2-1(3)4/h5H,3-4H2,1-2H3;(H5,2,3,4). The Bertz CT molecular complexity index is 56.0. The minimum absolute atomic E-state index is 0.333. The SMILES string of the molecule is CCNCC.N=C(N)N. The van der Waals surface area contributed by atoms with Crippen LogP contribution in [0.25, 0.3) is 0 Å². The van der Waals surface area contributed by atoms with E-state index in [1.165, 1.54) is 0 Å². The topological polar surface area (TPSA) is 87.9 Å². The number of hydrogen-bond donors (Lipinski definition) is 4. The first-order valence-corrected chi connectivity index (χ1v) is 2.95. The smallest absolute Gasteiger partial charge is 0.183 e. The van der Waals surface area contributed by atoms with Crippen molar-refractivity contribution >= 4 is 5.96 Å². The highest BCUT2D eigenvalue weighted by atomic mass is 14.9. The van der Waals surface area contributed by atoms with Gasteiger partial charge in [-0.05, 0) is 13.1 Å². The molecule has 0 amide bonds. The van der Waals surface area contributed by atoms with Gasteiger partial charge in [-0.1, -0.05) is 13.8 Å². The minimum Gasteiger partial charge on any atom is -0.370 e. The Labute approximate surface area is 56.1 Å². The second-order valence-corrected chi connectivity index (χ2v) is 1.41. The minimum atomic E-state index is -0.333. The van der Waals surface area contributed by atoms with Gasteiger partial charge in [-0.25, -0.2) is 0 Å². The molecule has 4 heteroatoms. The van der Waals surface area contributed by atoms with Gasteiger partial charge in [-0.15, -0.1) is 0 Å². The summed E-state index contributed by atoms with van der Waals surface area (Å²) in [5.41, 5.74) is 8.94. The van der Waals surface area contributed by atoms with Crippen LogP contribution in [0.2, 0.25) is 0 Å². The fraction of sp³-hybridized carbons (Fsp3) is 0.800. The van der Waals surface area contributed by atoms with Crippen LogP contribution < -0.4 is 16.8 Å². The highest BCUT2D eigenvalue weighted by Crippen LogP contribution is 1.47. The van der Waals surface area contributed by atoms with Gasteiger partial charge >= 0.3 is 0 Å². The molecule has 0 rings (SSSR count). The van der Waals surface area contributed by atoms with E-state index in [0.717, 1.165) is 13.1 Å².